The molecule has 7 atom stereocenters. The van der Waals surface area contributed by atoms with Crippen LogP contribution in [-0.4, -0.2) is 46.6 Å². The average Bonchev–Trinajstić information content (AvgIpc) is 3.07. The Bertz CT molecular complexity index is 915. The summed E-state index contributed by atoms with van der Waals surface area (Å²) in [5.41, 5.74) is -1.44. The van der Waals surface area contributed by atoms with Gasteiger partial charge >= 0.3 is 0 Å². The quantitative estimate of drug-likeness (QED) is 0.747. The number of ether oxygens (including phenoxy) is 2. The van der Waals surface area contributed by atoms with Crippen LogP contribution >= 0.6 is 0 Å². The molecule has 162 valence electrons. The number of allylic oxidation sites excluding steroid dienone is 4. The van der Waals surface area contributed by atoms with Gasteiger partial charge in [-0.25, -0.2) is 0 Å². The Morgan fingerprint density at radius 2 is 1.97 bits per heavy atom. The van der Waals surface area contributed by atoms with Crippen LogP contribution in [0, 0.1) is 28.6 Å². The zero-order valence-electron chi connectivity index (χ0n) is 18.1. The number of rotatable bonds is 2. The molecule has 0 amide bonds. The summed E-state index contributed by atoms with van der Waals surface area (Å²) in [6.07, 6.45) is 7.16. The summed E-state index contributed by atoms with van der Waals surface area (Å²) in [5.74, 6) is -1.29. The van der Waals surface area contributed by atoms with Crippen LogP contribution in [0.5, 0.6) is 0 Å². The van der Waals surface area contributed by atoms with E-state index < -0.39 is 34.9 Å². The summed E-state index contributed by atoms with van der Waals surface area (Å²) >= 11 is 0. The third kappa shape index (κ3) is 2.28. The van der Waals surface area contributed by atoms with Crippen LogP contribution in [0.1, 0.15) is 53.4 Å². The number of ketones is 3. The van der Waals surface area contributed by atoms with Crippen molar-refractivity contribution >= 4 is 17.3 Å². The van der Waals surface area contributed by atoms with E-state index in [0.29, 0.717) is 6.42 Å². The van der Waals surface area contributed by atoms with Crippen LogP contribution in [0.25, 0.3) is 0 Å². The zero-order chi connectivity index (χ0) is 21.7. The highest BCUT2D eigenvalue weighted by Gasteiger charge is 2.76. The van der Waals surface area contributed by atoms with Crippen molar-refractivity contribution in [1.82, 2.24) is 0 Å². The molecule has 0 bridgehead atoms. The first kappa shape index (κ1) is 20.3. The predicted octanol–water partition coefficient (Wildman–Crippen LogP) is 2.53. The summed E-state index contributed by atoms with van der Waals surface area (Å²) in [6, 6.07) is 0. The molecule has 3 saturated carbocycles. The van der Waals surface area contributed by atoms with E-state index in [2.05, 4.69) is 6.92 Å². The molecule has 0 aromatic heterocycles. The highest BCUT2D eigenvalue weighted by atomic mass is 16.8. The summed E-state index contributed by atoms with van der Waals surface area (Å²) in [5, 5.41) is 9.81. The Morgan fingerprint density at radius 3 is 2.67 bits per heavy atom. The van der Waals surface area contributed by atoms with Crippen molar-refractivity contribution < 1.29 is 29.0 Å². The maximum absolute atomic E-state index is 13.7. The lowest BCUT2D eigenvalue weighted by atomic mass is 9.46. The van der Waals surface area contributed by atoms with E-state index in [9.17, 15) is 19.5 Å². The van der Waals surface area contributed by atoms with Crippen molar-refractivity contribution in [2.24, 2.45) is 28.6 Å². The molecule has 1 saturated heterocycles. The van der Waals surface area contributed by atoms with Crippen LogP contribution in [0.2, 0.25) is 0 Å². The number of aliphatic hydroxyl groups is 1. The van der Waals surface area contributed by atoms with Gasteiger partial charge in [-0.3, -0.25) is 14.4 Å². The molecule has 4 fully saturated rings. The second kappa shape index (κ2) is 5.99. The monoisotopic (exact) mass is 414 g/mol. The Balaban J connectivity index is 1.60. The second-order valence-electron chi connectivity index (χ2n) is 10.7. The van der Waals surface area contributed by atoms with Crippen molar-refractivity contribution in [2.45, 2.75) is 70.9 Å². The third-order valence-electron chi connectivity index (χ3n) is 8.81. The molecule has 1 heterocycles. The first-order chi connectivity index (χ1) is 14.0. The van der Waals surface area contributed by atoms with E-state index in [1.807, 2.05) is 13.0 Å². The summed E-state index contributed by atoms with van der Waals surface area (Å²) in [6.45, 7) is 6.99. The standard InChI is InChI=1S/C24H30O6/c1-21(2)29-19-10-16-15-6-5-13-9-14(26)7-8-22(13,3)20(15)17(27)11-23(16,4)24(19,30-21)18(28)12-25/h7-9,15-16,19-20,25H,5-6,10-12H2,1-4H3/t15?,16?,19-,20?,22+,23+,24-/m1/s1. The van der Waals surface area contributed by atoms with Crippen molar-refractivity contribution in [3.05, 3.63) is 23.8 Å². The van der Waals surface area contributed by atoms with Crippen LogP contribution in [0.4, 0.5) is 0 Å². The summed E-state index contributed by atoms with van der Waals surface area (Å²) in [7, 11) is 0. The number of hydrogen-bond donors (Lipinski definition) is 1. The van der Waals surface area contributed by atoms with Gasteiger partial charge in [0.15, 0.2) is 23.0 Å². The number of Topliss-reactive ketones (excluding diaryl/α,β-unsaturated/α-hetero) is 2. The number of fused-ring (bicyclic) bond motifs is 7. The van der Waals surface area contributed by atoms with E-state index >= 15 is 0 Å². The van der Waals surface area contributed by atoms with Crippen molar-refractivity contribution in [3.8, 4) is 0 Å². The number of hydrogen-bond acceptors (Lipinski definition) is 6. The van der Waals surface area contributed by atoms with Crippen molar-refractivity contribution in [1.29, 1.82) is 0 Å². The van der Waals surface area contributed by atoms with Crippen LogP contribution in [0.3, 0.4) is 0 Å². The molecular formula is C24H30O6. The van der Waals surface area contributed by atoms with E-state index in [1.54, 1.807) is 26.0 Å². The van der Waals surface area contributed by atoms with Crippen molar-refractivity contribution in [2.75, 3.05) is 6.61 Å². The molecule has 1 N–H and O–H groups in total. The zero-order valence-corrected chi connectivity index (χ0v) is 18.1. The van der Waals surface area contributed by atoms with Gasteiger partial charge in [0, 0.05) is 23.2 Å². The Kier molecular flexibility index (Phi) is 4.05. The number of carbonyl (C=O) groups excluding carboxylic acids is 3. The smallest absolute Gasteiger partial charge is 0.193 e. The van der Waals surface area contributed by atoms with Gasteiger partial charge in [-0.15, -0.1) is 0 Å². The van der Waals surface area contributed by atoms with Gasteiger partial charge in [0.2, 0.25) is 0 Å². The largest absolute Gasteiger partial charge is 0.388 e. The van der Waals surface area contributed by atoms with Gasteiger partial charge in [0.1, 0.15) is 12.4 Å². The fourth-order valence-electron chi connectivity index (χ4n) is 7.74. The van der Waals surface area contributed by atoms with Gasteiger partial charge < -0.3 is 14.6 Å². The third-order valence-corrected chi connectivity index (χ3v) is 8.81. The molecule has 3 unspecified atom stereocenters. The highest BCUT2D eigenvalue weighted by molar-refractivity contribution is 6.02. The lowest BCUT2D eigenvalue weighted by Crippen LogP contribution is -2.63. The molecule has 6 nitrogen and oxygen atoms in total. The summed E-state index contributed by atoms with van der Waals surface area (Å²) < 4.78 is 12.5. The first-order valence-corrected chi connectivity index (χ1v) is 11.0. The van der Waals surface area contributed by atoms with E-state index in [4.69, 9.17) is 9.47 Å². The van der Waals surface area contributed by atoms with E-state index in [0.717, 1.165) is 18.4 Å². The molecule has 5 aliphatic rings. The number of carbonyl (C=O) groups is 3. The lowest BCUT2D eigenvalue weighted by molar-refractivity contribution is -0.214. The molecule has 0 aromatic carbocycles. The average molecular weight is 414 g/mol. The minimum atomic E-state index is -1.30. The summed E-state index contributed by atoms with van der Waals surface area (Å²) in [4.78, 5) is 38.8. The fraction of sp³-hybridized carbons (Fsp3) is 0.708. The molecule has 0 spiro atoms. The molecule has 5 rings (SSSR count). The topological polar surface area (TPSA) is 89.9 Å². The van der Waals surface area contributed by atoms with Crippen LogP contribution in [-0.2, 0) is 23.9 Å². The van der Waals surface area contributed by atoms with Crippen molar-refractivity contribution in [3.63, 3.8) is 0 Å². The van der Waals surface area contributed by atoms with Crippen LogP contribution in [0.15, 0.2) is 23.8 Å². The molecular weight excluding hydrogens is 384 g/mol. The second-order valence-corrected chi connectivity index (χ2v) is 10.7. The normalized spacial score (nSPS) is 48.5. The Morgan fingerprint density at radius 1 is 1.23 bits per heavy atom. The fourth-order valence-corrected chi connectivity index (χ4v) is 7.74. The number of aliphatic hydroxyl groups excluding tert-OH is 1. The van der Waals surface area contributed by atoms with E-state index in [1.165, 1.54) is 0 Å². The molecule has 0 radical (unpaired) electrons. The van der Waals surface area contributed by atoms with Gasteiger partial charge in [-0.2, -0.15) is 0 Å². The maximum Gasteiger partial charge on any atom is 0.193 e. The lowest BCUT2D eigenvalue weighted by Gasteiger charge is -2.57. The molecule has 0 aromatic rings. The molecule has 1 aliphatic heterocycles. The van der Waals surface area contributed by atoms with Gasteiger partial charge in [0.05, 0.1) is 6.10 Å². The Hall–Kier alpha value is -1.63. The SMILES string of the molecule is CC1(C)O[C@@H]2CC3C4CCC5=CC(=O)C=C[C@]5(C)C4C(=O)C[C@]3(C)[C@]2(C(=O)CO)O1. The van der Waals surface area contributed by atoms with Gasteiger partial charge in [-0.05, 0) is 57.1 Å². The predicted molar refractivity (Wildman–Crippen MR) is 107 cm³/mol. The first-order valence-electron chi connectivity index (χ1n) is 11.0. The minimum absolute atomic E-state index is 0.0130. The van der Waals surface area contributed by atoms with Gasteiger partial charge in [0.25, 0.3) is 0 Å². The highest BCUT2D eigenvalue weighted by Crippen LogP contribution is 2.69. The molecule has 4 aliphatic carbocycles. The Labute approximate surface area is 176 Å². The van der Waals surface area contributed by atoms with E-state index in [-0.39, 0.29) is 41.5 Å². The molecule has 30 heavy (non-hydrogen) atoms. The maximum atomic E-state index is 13.7. The van der Waals surface area contributed by atoms with Crippen LogP contribution < -0.4 is 0 Å². The minimum Gasteiger partial charge on any atom is -0.388 e. The van der Waals surface area contributed by atoms with Gasteiger partial charge in [-0.1, -0.05) is 25.5 Å². The molecule has 6 heteroatoms.